The third-order valence-corrected chi connectivity index (χ3v) is 5.21. The molecule has 3 rings (SSSR count). The van der Waals surface area contributed by atoms with Crippen molar-refractivity contribution in [3.63, 3.8) is 0 Å². The van der Waals surface area contributed by atoms with E-state index in [1.54, 1.807) is 23.5 Å². The predicted molar refractivity (Wildman–Crippen MR) is 93.5 cm³/mol. The monoisotopic (exact) mass is 344 g/mol. The lowest BCUT2D eigenvalue weighted by Crippen LogP contribution is -2.44. The van der Waals surface area contributed by atoms with Crippen LogP contribution in [0.4, 0.5) is 4.79 Å². The molecule has 2 heterocycles. The zero-order chi connectivity index (χ0) is 16.9. The summed E-state index contributed by atoms with van der Waals surface area (Å²) in [7, 11) is 0. The van der Waals surface area contributed by atoms with Crippen molar-refractivity contribution in [2.24, 2.45) is 0 Å². The smallest absolute Gasteiger partial charge is 0.335 e. The van der Waals surface area contributed by atoms with Crippen molar-refractivity contribution >= 4 is 23.3 Å². The van der Waals surface area contributed by atoms with E-state index in [4.69, 9.17) is 5.11 Å². The lowest BCUT2D eigenvalue weighted by atomic mass is 9.90. The molecule has 0 saturated carbocycles. The van der Waals surface area contributed by atoms with Crippen molar-refractivity contribution in [3.05, 3.63) is 57.8 Å². The Balaban J connectivity index is 1.59. The van der Waals surface area contributed by atoms with E-state index in [9.17, 15) is 9.59 Å². The van der Waals surface area contributed by atoms with Crippen molar-refractivity contribution in [3.8, 4) is 0 Å². The summed E-state index contributed by atoms with van der Waals surface area (Å²) < 4.78 is 0. The summed E-state index contributed by atoms with van der Waals surface area (Å²) >= 11 is 1.63. The number of hydrogen-bond acceptors (Lipinski definition) is 3. The van der Waals surface area contributed by atoms with Gasteiger partial charge >= 0.3 is 12.0 Å². The first-order chi connectivity index (χ1) is 11.6. The number of rotatable bonds is 4. The summed E-state index contributed by atoms with van der Waals surface area (Å²) in [5.74, 6) is -0.658. The number of urea groups is 1. The van der Waals surface area contributed by atoms with Crippen LogP contribution in [0.3, 0.4) is 0 Å². The molecule has 2 aromatic rings. The van der Waals surface area contributed by atoms with Crippen LogP contribution in [0.1, 0.15) is 39.6 Å². The number of carbonyl (C=O) groups is 2. The molecule has 0 aliphatic carbocycles. The molecule has 0 spiro atoms. The van der Waals surface area contributed by atoms with Gasteiger partial charge in [-0.15, -0.1) is 11.3 Å². The standard InChI is InChI=1S/C18H20N2O3S/c21-17(22)14-7-5-13(6-8-14)15-3-1-9-20(12-15)18(23)19-11-16-4-2-10-24-16/h2,4-8,10,15H,1,3,9,11-12H2,(H,19,23)(H,21,22)/t15-/m1/s1. The van der Waals surface area contributed by atoms with Gasteiger partial charge in [0.2, 0.25) is 0 Å². The molecule has 0 unspecified atom stereocenters. The Hall–Kier alpha value is -2.34. The molecule has 1 atom stereocenters. The van der Waals surface area contributed by atoms with E-state index < -0.39 is 5.97 Å². The highest BCUT2D eigenvalue weighted by atomic mass is 32.1. The zero-order valence-corrected chi connectivity index (χ0v) is 14.1. The molecule has 1 aliphatic rings. The number of likely N-dealkylation sites (tertiary alicyclic amines) is 1. The highest BCUT2D eigenvalue weighted by Crippen LogP contribution is 2.27. The average molecular weight is 344 g/mol. The molecule has 5 nitrogen and oxygen atoms in total. The number of hydrogen-bond donors (Lipinski definition) is 2. The van der Waals surface area contributed by atoms with E-state index in [1.807, 2.05) is 34.5 Å². The van der Waals surface area contributed by atoms with E-state index in [0.717, 1.165) is 29.8 Å². The van der Waals surface area contributed by atoms with Gasteiger partial charge in [0.15, 0.2) is 0 Å². The van der Waals surface area contributed by atoms with Crippen LogP contribution >= 0.6 is 11.3 Å². The number of thiophene rings is 1. The van der Waals surface area contributed by atoms with Crippen LogP contribution in [-0.2, 0) is 6.54 Å². The number of amides is 2. The fraction of sp³-hybridized carbons (Fsp3) is 0.333. The first kappa shape index (κ1) is 16.5. The number of carbonyl (C=O) groups excluding carboxylic acids is 1. The Bertz CT molecular complexity index is 698. The maximum atomic E-state index is 12.4. The maximum Gasteiger partial charge on any atom is 0.335 e. The number of aromatic carboxylic acids is 1. The molecule has 1 aliphatic heterocycles. The second-order valence-corrected chi connectivity index (χ2v) is 6.98. The fourth-order valence-corrected chi connectivity index (χ4v) is 3.66. The predicted octanol–water partition coefficient (Wildman–Crippen LogP) is 3.54. The second kappa shape index (κ2) is 7.49. The van der Waals surface area contributed by atoms with Crippen LogP contribution in [0.2, 0.25) is 0 Å². The number of carboxylic acids is 1. The zero-order valence-electron chi connectivity index (χ0n) is 13.3. The number of benzene rings is 1. The summed E-state index contributed by atoms with van der Waals surface area (Å²) in [5.41, 5.74) is 1.39. The Morgan fingerprint density at radius 3 is 2.71 bits per heavy atom. The molecule has 0 bridgehead atoms. The highest BCUT2D eigenvalue weighted by Gasteiger charge is 2.24. The van der Waals surface area contributed by atoms with Crippen LogP contribution in [0, 0.1) is 0 Å². The quantitative estimate of drug-likeness (QED) is 0.891. The molecule has 0 radical (unpaired) electrons. The van der Waals surface area contributed by atoms with Gasteiger partial charge in [-0.25, -0.2) is 9.59 Å². The minimum atomic E-state index is -0.917. The van der Waals surface area contributed by atoms with Gasteiger partial charge in [0, 0.05) is 23.9 Å². The summed E-state index contributed by atoms with van der Waals surface area (Å²) in [6.07, 6.45) is 1.97. The number of nitrogens with zero attached hydrogens (tertiary/aromatic N) is 1. The second-order valence-electron chi connectivity index (χ2n) is 5.95. The molecular formula is C18H20N2O3S. The van der Waals surface area contributed by atoms with E-state index in [-0.39, 0.29) is 11.9 Å². The molecule has 1 aromatic heterocycles. The number of piperidine rings is 1. The summed E-state index contributed by atoms with van der Waals surface area (Å²) in [6.45, 7) is 1.99. The van der Waals surface area contributed by atoms with Crippen LogP contribution in [-0.4, -0.2) is 35.1 Å². The first-order valence-corrected chi connectivity index (χ1v) is 8.90. The normalized spacial score (nSPS) is 17.5. The first-order valence-electron chi connectivity index (χ1n) is 8.02. The maximum absolute atomic E-state index is 12.4. The van der Waals surface area contributed by atoms with Gasteiger partial charge in [-0.05, 0) is 42.0 Å². The van der Waals surface area contributed by atoms with Gasteiger partial charge in [-0.2, -0.15) is 0 Å². The molecule has 1 saturated heterocycles. The summed E-state index contributed by atoms with van der Waals surface area (Å²) in [4.78, 5) is 26.3. The van der Waals surface area contributed by atoms with Crippen molar-refractivity contribution in [1.82, 2.24) is 10.2 Å². The topological polar surface area (TPSA) is 69.6 Å². The van der Waals surface area contributed by atoms with Gasteiger partial charge in [0.1, 0.15) is 0 Å². The Labute approximate surface area is 144 Å². The van der Waals surface area contributed by atoms with Crippen molar-refractivity contribution in [2.75, 3.05) is 13.1 Å². The van der Waals surface area contributed by atoms with Crippen LogP contribution < -0.4 is 5.32 Å². The van der Waals surface area contributed by atoms with Crippen LogP contribution in [0.15, 0.2) is 41.8 Å². The minimum Gasteiger partial charge on any atom is -0.478 e. The lowest BCUT2D eigenvalue weighted by molar-refractivity contribution is 0.0697. The third-order valence-electron chi connectivity index (χ3n) is 4.33. The van der Waals surface area contributed by atoms with Crippen molar-refractivity contribution in [2.45, 2.75) is 25.3 Å². The van der Waals surface area contributed by atoms with E-state index in [2.05, 4.69) is 5.32 Å². The molecule has 2 amide bonds. The SMILES string of the molecule is O=C(O)c1ccc([C@@H]2CCCN(C(=O)NCc3cccs3)C2)cc1. The van der Waals surface area contributed by atoms with E-state index in [0.29, 0.717) is 18.7 Å². The summed E-state index contributed by atoms with van der Waals surface area (Å²) in [5, 5.41) is 13.9. The van der Waals surface area contributed by atoms with Crippen molar-refractivity contribution in [1.29, 1.82) is 0 Å². The van der Waals surface area contributed by atoms with Crippen LogP contribution in [0.25, 0.3) is 0 Å². The molecule has 1 aromatic carbocycles. The molecule has 126 valence electrons. The molecule has 6 heteroatoms. The van der Waals surface area contributed by atoms with Gasteiger partial charge in [0.05, 0.1) is 12.1 Å². The van der Waals surface area contributed by atoms with E-state index in [1.165, 1.54) is 0 Å². The molecule has 2 N–H and O–H groups in total. The number of carboxylic acid groups (broad SMARTS) is 1. The Morgan fingerprint density at radius 1 is 1.25 bits per heavy atom. The minimum absolute atomic E-state index is 0.0322. The van der Waals surface area contributed by atoms with Gasteiger partial charge in [0.25, 0.3) is 0 Å². The highest BCUT2D eigenvalue weighted by molar-refractivity contribution is 7.09. The Morgan fingerprint density at radius 2 is 2.04 bits per heavy atom. The summed E-state index contributed by atoms with van der Waals surface area (Å²) in [6, 6.07) is 10.9. The van der Waals surface area contributed by atoms with Gasteiger partial charge in [-0.1, -0.05) is 18.2 Å². The van der Waals surface area contributed by atoms with Crippen LogP contribution in [0.5, 0.6) is 0 Å². The van der Waals surface area contributed by atoms with E-state index >= 15 is 0 Å². The largest absolute Gasteiger partial charge is 0.478 e. The molecular weight excluding hydrogens is 324 g/mol. The number of nitrogens with one attached hydrogen (secondary N) is 1. The van der Waals surface area contributed by atoms with Gasteiger partial charge in [-0.3, -0.25) is 0 Å². The fourth-order valence-electron chi connectivity index (χ4n) is 3.02. The Kier molecular flexibility index (Phi) is 5.15. The van der Waals surface area contributed by atoms with Crippen molar-refractivity contribution < 1.29 is 14.7 Å². The van der Waals surface area contributed by atoms with Gasteiger partial charge < -0.3 is 15.3 Å². The molecule has 1 fully saturated rings. The lowest BCUT2D eigenvalue weighted by Gasteiger charge is -2.33. The third kappa shape index (κ3) is 3.94. The molecule has 24 heavy (non-hydrogen) atoms. The average Bonchev–Trinajstić information content (AvgIpc) is 3.13.